The predicted molar refractivity (Wildman–Crippen MR) is 120 cm³/mol. The number of hydrogen-bond donors (Lipinski definition) is 1. The number of ketones is 1. The molecule has 1 atom stereocenters. The zero-order chi connectivity index (χ0) is 23.0. The van der Waals surface area contributed by atoms with Crippen LogP contribution in [0.15, 0.2) is 28.7 Å². The van der Waals surface area contributed by atoms with Crippen molar-refractivity contribution in [2.75, 3.05) is 32.9 Å². The second-order valence-electron chi connectivity index (χ2n) is 8.61. The van der Waals surface area contributed by atoms with Crippen LogP contribution in [0.5, 0.6) is 0 Å². The predicted octanol–water partition coefficient (Wildman–Crippen LogP) is 3.32. The van der Waals surface area contributed by atoms with Gasteiger partial charge < -0.3 is 24.1 Å². The number of alkyl carbamates (subject to hydrolysis) is 1. The van der Waals surface area contributed by atoms with E-state index in [0.717, 1.165) is 32.1 Å². The average molecular weight is 458 g/mol. The number of ether oxygens (including phenoxy) is 2. The third-order valence-corrected chi connectivity index (χ3v) is 6.30. The molecule has 1 aromatic heterocycles. The molecule has 178 valence electrons. The molecule has 9 heteroatoms. The van der Waals surface area contributed by atoms with Gasteiger partial charge in [-0.25, -0.2) is 9.78 Å². The summed E-state index contributed by atoms with van der Waals surface area (Å²) in [6.45, 7) is 2.18. The van der Waals surface area contributed by atoms with Crippen LogP contribution in [-0.2, 0) is 14.3 Å². The third-order valence-electron chi connectivity index (χ3n) is 6.30. The fraction of sp³-hybridized carbons (Fsp3) is 0.583. The number of rotatable bonds is 8. The number of morpholine rings is 1. The molecule has 2 aromatic rings. The lowest BCUT2D eigenvalue weighted by Crippen LogP contribution is -2.55. The minimum absolute atomic E-state index is 0.0618. The first-order valence-electron chi connectivity index (χ1n) is 11.8. The van der Waals surface area contributed by atoms with Crippen LogP contribution < -0.4 is 5.32 Å². The van der Waals surface area contributed by atoms with Crippen LogP contribution in [0.25, 0.3) is 11.1 Å². The molecule has 0 spiro atoms. The summed E-state index contributed by atoms with van der Waals surface area (Å²) in [6.07, 6.45) is 4.99. The summed E-state index contributed by atoms with van der Waals surface area (Å²) in [5.74, 6) is -0.123. The Balaban J connectivity index is 1.26. The summed E-state index contributed by atoms with van der Waals surface area (Å²) in [7, 11) is 0. The highest BCUT2D eigenvalue weighted by molar-refractivity contribution is 5.94. The van der Waals surface area contributed by atoms with E-state index in [1.54, 1.807) is 17.0 Å². The molecular weight excluding hydrogens is 426 g/mol. The first-order chi connectivity index (χ1) is 16.1. The molecule has 2 aliphatic rings. The van der Waals surface area contributed by atoms with Gasteiger partial charge in [0, 0.05) is 19.5 Å². The lowest BCUT2D eigenvalue weighted by Gasteiger charge is -2.35. The molecule has 2 heterocycles. The van der Waals surface area contributed by atoms with Crippen LogP contribution in [0, 0.1) is 5.92 Å². The highest BCUT2D eigenvalue weighted by Gasteiger charge is 2.34. The first-order valence-corrected chi connectivity index (χ1v) is 11.8. The standard InChI is InChI=1S/C24H31N3O6/c28-19(22-25-18-9-4-5-11-20(18)33-22)10-6-14-32-24(30)26-21(17-7-2-1-3-8-17)23(29)27-12-15-31-16-13-27/h4-5,9,11,17,21H,1-3,6-8,10,12-16H2,(H,26,30)/t21-/m0/s1. The summed E-state index contributed by atoms with van der Waals surface area (Å²) in [5.41, 5.74) is 1.20. The van der Waals surface area contributed by atoms with E-state index >= 15 is 0 Å². The number of Topliss-reactive ketones (excluding diaryl/α,β-unsaturated/α-hetero) is 1. The van der Waals surface area contributed by atoms with Crippen LogP contribution in [0.1, 0.15) is 55.6 Å². The van der Waals surface area contributed by atoms with Gasteiger partial charge in [-0.1, -0.05) is 31.4 Å². The number of benzene rings is 1. The topological polar surface area (TPSA) is 111 Å². The van der Waals surface area contributed by atoms with Crippen molar-refractivity contribution in [3.05, 3.63) is 30.2 Å². The minimum Gasteiger partial charge on any atom is -0.450 e. The highest BCUT2D eigenvalue weighted by Crippen LogP contribution is 2.27. The van der Waals surface area contributed by atoms with Crippen molar-refractivity contribution >= 4 is 28.9 Å². The van der Waals surface area contributed by atoms with Crippen molar-refractivity contribution in [3.63, 3.8) is 0 Å². The Bertz CT molecular complexity index is 929. The summed E-state index contributed by atoms with van der Waals surface area (Å²) >= 11 is 0. The first kappa shape index (κ1) is 23.2. The van der Waals surface area contributed by atoms with Gasteiger partial charge in [0.1, 0.15) is 11.6 Å². The Morgan fingerprint density at radius 3 is 2.64 bits per heavy atom. The number of para-hydroxylation sites is 2. The Hall–Kier alpha value is -2.94. The maximum absolute atomic E-state index is 13.1. The van der Waals surface area contributed by atoms with Crippen molar-refractivity contribution in [2.45, 2.75) is 51.0 Å². The Morgan fingerprint density at radius 2 is 1.88 bits per heavy atom. The number of aromatic nitrogens is 1. The number of carbonyl (C=O) groups is 3. The summed E-state index contributed by atoms with van der Waals surface area (Å²) in [5, 5.41) is 2.81. The molecule has 2 fully saturated rings. The van der Waals surface area contributed by atoms with E-state index in [2.05, 4.69) is 10.3 Å². The molecule has 2 amide bonds. The zero-order valence-electron chi connectivity index (χ0n) is 18.8. The van der Waals surface area contributed by atoms with Gasteiger partial charge >= 0.3 is 6.09 Å². The van der Waals surface area contributed by atoms with Gasteiger partial charge in [0.2, 0.25) is 11.7 Å². The van der Waals surface area contributed by atoms with Gasteiger partial charge in [-0.2, -0.15) is 0 Å². The van der Waals surface area contributed by atoms with Crippen molar-refractivity contribution in [1.82, 2.24) is 15.2 Å². The van der Waals surface area contributed by atoms with Gasteiger partial charge in [-0.15, -0.1) is 0 Å². The van der Waals surface area contributed by atoms with E-state index in [4.69, 9.17) is 13.9 Å². The minimum atomic E-state index is -0.624. The molecule has 1 saturated heterocycles. The Kier molecular flexibility index (Phi) is 7.93. The highest BCUT2D eigenvalue weighted by atomic mass is 16.5. The smallest absolute Gasteiger partial charge is 0.407 e. The maximum Gasteiger partial charge on any atom is 0.407 e. The molecule has 9 nitrogen and oxygen atoms in total. The maximum atomic E-state index is 13.1. The summed E-state index contributed by atoms with van der Waals surface area (Å²) < 4.78 is 16.1. The van der Waals surface area contributed by atoms with Crippen molar-refractivity contribution < 1.29 is 28.3 Å². The van der Waals surface area contributed by atoms with E-state index < -0.39 is 12.1 Å². The largest absolute Gasteiger partial charge is 0.450 e. The molecule has 0 bridgehead atoms. The van der Waals surface area contributed by atoms with Gasteiger partial charge in [0.25, 0.3) is 5.89 Å². The van der Waals surface area contributed by atoms with E-state index in [1.807, 2.05) is 12.1 Å². The van der Waals surface area contributed by atoms with E-state index in [0.29, 0.717) is 43.8 Å². The van der Waals surface area contributed by atoms with Crippen LogP contribution >= 0.6 is 0 Å². The monoisotopic (exact) mass is 457 g/mol. The lowest BCUT2D eigenvalue weighted by atomic mass is 9.83. The van der Waals surface area contributed by atoms with E-state index in [1.165, 1.54) is 0 Å². The fourth-order valence-corrected chi connectivity index (χ4v) is 4.49. The number of nitrogens with one attached hydrogen (secondary N) is 1. The number of oxazole rings is 1. The van der Waals surface area contributed by atoms with Crippen LogP contribution in [0.3, 0.4) is 0 Å². The molecule has 1 aliphatic carbocycles. The van der Waals surface area contributed by atoms with E-state index in [-0.39, 0.29) is 36.5 Å². The van der Waals surface area contributed by atoms with Crippen molar-refractivity contribution in [3.8, 4) is 0 Å². The second kappa shape index (κ2) is 11.3. The summed E-state index contributed by atoms with van der Waals surface area (Å²) in [4.78, 5) is 43.9. The van der Waals surface area contributed by atoms with Gasteiger partial charge in [-0.3, -0.25) is 9.59 Å². The molecule has 1 N–H and O–H groups in total. The number of fused-ring (bicyclic) bond motifs is 1. The summed E-state index contributed by atoms with van der Waals surface area (Å²) in [6, 6.07) is 6.60. The van der Waals surface area contributed by atoms with Crippen LogP contribution in [-0.4, -0.2) is 66.6 Å². The average Bonchev–Trinajstić information content (AvgIpc) is 3.30. The van der Waals surface area contributed by atoms with Gasteiger partial charge in [-0.05, 0) is 37.3 Å². The van der Waals surface area contributed by atoms with Gasteiger partial charge in [0.05, 0.1) is 19.8 Å². The second-order valence-corrected chi connectivity index (χ2v) is 8.61. The molecular formula is C24H31N3O6. The molecule has 33 heavy (non-hydrogen) atoms. The molecule has 4 rings (SSSR count). The molecule has 0 unspecified atom stereocenters. The fourth-order valence-electron chi connectivity index (χ4n) is 4.49. The number of carbonyl (C=O) groups excluding carboxylic acids is 3. The Labute approximate surface area is 192 Å². The van der Waals surface area contributed by atoms with Crippen molar-refractivity contribution in [2.24, 2.45) is 5.92 Å². The Morgan fingerprint density at radius 1 is 1.12 bits per heavy atom. The quantitative estimate of drug-likeness (QED) is 0.478. The number of amides is 2. The van der Waals surface area contributed by atoms with Gasteiger partial charge in [0.15, 0.2) is 5.58 Å². The molecule has 0 radical (unpaired) electrons. The van der Waals surface area contributed by atoms with Crippen LogP contribution in [0.4, 0.5) is 4.79 Å². The zero-order valence-corrected chi connectivity index (χ0v) is 18.8. The SMILES string of the molecule is O=C(N[C@H](C(=O)N1CCOCC1)C1CCCCC1)OCCCC(=O)c1nc2ccccc2o1. The lowest BCUT2D eigenvalue weighted by molar-refractivity contribution is -0.139. The third kappa shape index (κ3) is 6.10. The van der Waals surface area contributed by atoms with E-state index in [9.17, 15) is 14.4 Å². The molecule has 1 saturated carbocycles. The number of hydrogen-bond acceptors (Lipinski definition) is 7. The normalized spacial score (nSPS) is 18.1. The number of nitrogens with zero attached hydrogens (tertiary/aromatic N) is 2. The van der Waals surface area contributed by atoms with Crippen LogP contribution in [0.2, 0.25) is 0 Å². The van der Waals surface area contributed by atoms with Crippen molar-refractivity contribution in [1.29, 1.82) is 0 Å². The molecule has 1 aromatic carbocycles. The molecule has 1 aliphatic heterocycles.